The number of fused-ring (bicyclic) bond motifs is 9. The van der Waals surface area contributed by atoms with Crippen LogP contribution in [0.25, 0.3) is 105 Å². The highest BCUT2D eigenvalue weighted by Crippen LogP contribution is 2.43. The Labute approximate surface area is 293 Å². The summed E-state index contributed by atoms with van der Waals surface area (Å²) < 4.78 is 15.5. The molecule has 51 heavy (non-hydrogen) atoms. The Morgan fingerprint density at radius 3 is 1.43 bits per heavy atom. The SMILES string of the molecule is c1ccc(-c2ccc3c(c2)c2cc(-c4ccccc4)ccc2n3-c2ccc3oc4c(-c5cccc6c5oc5ccccc56)cccc4c3c2)cc1. The van der Waals surface area contributed by atoms with Crippen LogP contribution in [0, 0.1) is 0 Å². The van der Waals surface area contributed by atoms with Crippen molar-refractivity contribution in [2.75, 3.05) is 0 Å². The molecule has 0 radical (unpaired) electrons. The zero-order chi connectivity index (χ0) is 33.5. The third kappa shape index (κ3) is 4.25. The van der Waals surface area contributed by atoms with Crippen LogP contribution in [0.3, 0.4) is 0 Å². The lowest BCUT2D eigenvalue weighted by molar-refractivity contribution is 0.665. The minimum atomic E-state index is 0.858. The predicted octanol–water partition coefficient (Wildman–Crippen LogP) is 13.6. The fraction of sp³-hybridized carbons (Fsp3) is 0. The standard InChI is InChI=1S/C48H29NO2/c1-3-11-30(12-4-1)32-21-24-43-40(27-32)41-28-33(31-13-5-2-6-14-31)22-25-44(41)49(43)34-23-26-46-42(29-34)39-19-10-18-38(48(39)51-46)37-17-9-16-36-35-15-7-8-20-45(35)50-47(36)37/h1-29H. The quantitative estimate of drug-likeness (QED) is 0.190. The molecule has 0 aliphatic rings. The molecular formula is C48H29NO2. The van der Waals surface area contributed by atoms with E-state index in [0.29, 0.717) is 0 Å². The minimum Gasteiger partial charge on any atom is -0.455 e. The molecule has 11 rings (SSSR count). The average Bonchev–Trinajstić information content (AvgIpc) is 3.87. The van der Waals surface area contributed by atoms with Gasteiger partial charge in [-0.05, 0) is 70.8 Å². The van der Waals surface area contributed by atoms with E-state index in [1.807, 2.05) is 12.1 Å². The van der Waals surface area contributed by atoms with Gasteiger partial charge in [0.05, 0.1) is 11.0 Å². The Kier molecular flexibility index (Phi) is 5.96. The van der Waals surface area contributed by atoms with Crippen molar-refractivity contribution in [3.63, 3.8) is 0 Å². The molecule has 0 saturated heterocycles. The fourth-order valence-corrected chi connectivity index (χ4v) is 8.02. The van der Waals surface area contributed by atoms with E-state index in [0.717, 1.165) is 60.7 Å². The molecule has 0 aliphatic carbocycles. The van der Waals surface area contributed by atoms with Gasteiger partial charge in [-0.1, -0.05) is 127 Å². The highest BCUT2D eigenvalue weighted by molar-refractivity contribution is 6.16. The number of aromatic nitrogens is 1. The van der Waals surface area contributed by atoms with Crippen LogP contribution in [0.15, 0.2) is 185 Å². The van der Waals surface area contributed by atoms with Crippen LogP contribution in [0.4, 0.5) is 0 Å². The molecule has 11 aromatic rings. The van der Waals surface area contributed by atoms with E-state index in [1.54, 1.807) is 0 Å². The molecule has 3 heteroatoms. The molecule has 0 fully saturated rings. The Balaban J connectivity index is 1.13. The van der Waals surface area contributed by atoms with E-state index in [1.165, 1.54) is 44.1 Å². The smallest absolute Gasteiger partial charge is 0.143 e. The van der Waals surface area contributed by atoms with E-state index >= 15 is 0 Å². The van der Waals surface area contributed by atoms with Gasteiger partial charge in [0.15, 0.2) is 0 Å². The maximum absolute atomic E-state index is 6.69. The lowest BCUT2D eigenvalue weighted by Gasteiger charge is -2.09. The van der Waals surface area contributed by atoms with Crippen LogP contribution in [0.1, 0.15) is 0 Å². The number of nitrogens with zero attached hydrogens (tertiary/aromatic N) is 1. The van der Waals surface area contributed by atoms with Crippen LogP contribution < -0.4 is 0 Å². The molecule has 238 valence electrons. The van der Waals surface area contributed by atoms with Crippen molar-refractivity contribution < 1.29 is 8.83 Å². The summed E-state index contributed by atoms with van der Waals surface area (Å²) in [5, 5.41) is 6.84. The van der Waals surface area contributed by atoms with Gasteiger partial charge in [-0.3, -0.25) is 0 Å². The van der Waals surface area contributed by atoms with Gasteiger partial charge in [-0.15, -0.1) is 0 Å². The largest absolute Gasteiger partial charge is 0.455 e. The Morgan fingerprint density at radius 2 is 0.824 bits per heavy atom. The van der Waals surface area contributed by atoms with E-state index in [4.69, 9.17) is 8.83 Å². The monoisotopic (exact) mass is 651 g/mol. The van der Waals surface area contributed by atoms with Crippen molar-refractivity contribution in [3.8, 4) is 39.1 Å². The van der Waals surface area contributed by atoms with Gasteiger partial charge >= 0.3 is 0 Å². The Morgan fingerprint density at radius 1 is 0.314 bits per heavy atom. The first kappa shape index (κ1) is 28.0. The lowest BCUT2D eigenvalue weighted by atomic mass is 10.00. The van der Waals surface area contributed by atoms with Gasteiger partial charge in [0.25, 0.3) is 0 Å². The summed E-state index contributed by atoms with van der Waals surface area (Å²) in [5.41, 5.74) is 13.8. The first-order valence-electron chi connectivity index (χ1n) is 17.3. The van der Waals surface area contributed by atoms with Crippen LogP contribution in [0.2, 0.25) is 0 Å². The molecule has 0 amide bonds. The first-order chi connectivity index (χ1) is 25.3. The van der Waals surface area contributed by atoms with Gasteiger partial charge < -0.3 is 13.4 Å². The highest BCUT2D eigenvalue weighted by Gasteiger charge is 2.19. The van der Waals surface area contributed by atoms with Crippen LogP contribution in [-0.4, -0.2) is 4.57 Å². The van der Waals surface area contributed by atoms with Crippen LogP contribution in [-0.2, 0) is 0 Å². The molecule has 0 spiro atoms. The minimum absolute atomic E-state index is 0.858. The molecule has 0 saturated carbocycles. The van der Waals surface area contributed by atoms with Crippen LogP contribution in [0.5, 0.6) is 0 Å². The van der Waals surface area contributed by atoms with E-state index in [9.17, 15) is 0 Å². The summed E-state index contributed by atoms with van der Waals surface area (Å²) in [6, 6.07) is 62.5. The highest BCUT2D eigenvalue weighted by atomic mass is 16.3. The number of furan rings is 2. The molecule has 0 atom stereocenters. The van der Waals surface area contributed by atoms with Crippen molar-refractivity contribution in [2.45, 2.75) is 0 Å². The average molecular weight is 652 g/mol. The number of hydrogen-bond donors (Lipinski definition) is 0. The second-order valence-electron chi connectivity index (χ2n) is 13.3. The summed E-state index contributed by atoms with van der Waals surface area (Å²) in [5.74, 6) is 0. The van der Waals surface area contributed by atoms with Gasteiger partial charge in [0.2, 0.25) is 0 Å². The Hall–Kier alpha value is -6.84. The molecule has 0 N–H and O–H groups in total. The number of para-hydroxylation sites is 3. The van der Waals surface area contributed by atoms with Crippen molar-refractivity contribution in [1.82, 2.24) is 4.57 Å². The van der Waals surface area contributed by atoms with E-state index in [-0.39, 0.29) is 0 Å². The third-order valence-corrected chi connectivity index (χ3v) is 10.4. The van der Waals surface area contributed by atoms with Crippen LogP contribution >= 0.6 is 0 Å². The molecule has 3 nitrogen and oxygen atoms in total. The van der Waals surface area contributed by atoms with Gasteiger partial charge in [0, 0.05) is 49.1 Å². The fourth-order valence-electron chi connectivity index (χ4n) is 8.02. The first-order valence-corrected chi connectivity index (χ1v) is 17.3. The third-order valence-electron chi connectivity index (χ3n) is 10.4. The molecule has 3 heterocycles. The van der Waals surface area contributed by atoms with Gasteiger partial charge in [0.1, 0.15) is 22.3 Å². The van der Waals surface area contributed by atoms with E-state index < -0.39 is 0 Å². The summed E-state index contributed by atoms with van der Waals surface area (Å²) in [6.45, 7) is 0. The lowest BCUT2D eigenvalue weighted by Crippen LogP contribution is -1.93. The predicted molar refractivity (Wildman–Crippen MR) is 212 cm³/mol. The Bertz CT molecular complexity index is 3030. The van der Waals surface area contributed by atoms with Crippen molar-refractivity contribution in [3.05, 3.63) is 176 Å². The van der Waals surface area contributed by atoms with Crippen molar-refractivity contribution in [2.24, 2.45) is 0 Å². The maximum atomic E-state index is 6.69. The van der Waals surface area contributed by atoms with Gasteiger partial charge in [-0.2, -0.15) is 0 Å². The zero-order valence-corrected chi connectivity index (χ0v) is 27.5. The number of hydrogen-bond acceptors (Lipinski definition) is 2. The molecule has 3 aromatic heterocycles. The van der Waals surface area contributed by atoms with Crippen molar-refractivity contribution >= 4 is 65.7 Å². The second kappa shape index (κ2) is 10.8. The topological polar surface area (TPSA) is 31.2 Å². The molecule has 8 aromatic carbocycles. The van der Waals surface area contributed by atoms with Gasteiger partial charge in [-0.25, -0.2) is 0 Å². The molecule has 0 aliphatic heterocycles. The summed E-state index contributed by atoms with van der Waals surface area (Å²) in [6.07, 6.45) is 0. The number of benzene rings is 8. The normalized spacial score (nSPS) is 11.9. The molecular weight excluding hydrogens is 623 g/mol. The second-order valence-corrected chi connectivity index (χ2v) is 13.3. The summed E-state index contributed by atoms with van der Waals surface area (Å²) in [4.78, 5) is 0. The maximum Gasteiger partial charge on any atom is 0.143 e. The van der Waals surface area contributed by atoms with Crippen molar-refractivity contribution in [1.29, 1.82) is 0 Å². The zero-order valence-electron chi connectivity index (χ0n) is 27.5. The summed E-state index contributed by atoms with van der Waals surface area (Å²) in [7, 11) is 0. The molecule has 0 bridgehead atoms. The van der Waals surface area contributed by atoms with E-state index in [2.05, 4.69) is 168 Å². The summed E-state index contributed by atoms with van der Waals surface area (Å²) >= 11 is 0. The number of rotatable bonds is 4. The molecule has 0 unspecified atom stereocenters.